The second kappa shape index (κ2) is 5.30. The van der Waals surface area contributed by atoms with Gasteiger partial charge in [-0.3, -0.25) is 4.98 Å². The van der Waals surface area contributed by atoms with Crippen LogP contribution in [0.2, 0.25) is 0 Å². The Morgan fingerprint density at radius 3 is 2.94 bits per heavy atom. The molecule has 0 amide bonds. The van der Waals surface area contributed by atoms with Gasteiger partial charge in [-0.15, -0.1) is 0 Å². The Kier molecular flexibility index (Phi) is 3.76. The van der Waals surface area contributed by atoms with Gasteiger partial charge in [-0.25, -0.2) is 9.78 Å². The average Bonchev–Trinajstić information content (AvgIpc) is 2.39. The van der Waals surface area contributed by atoms with Gasteiger partial charge in [-0.05, 0) is 26.9 Å². The van der Waals surface area contributed by atoms with E-state index in [1.807, 2.05) is 0 Å². The summed E-state index contributed by atoms with van der Waals surface area (Å²) in [6.45, 7) is 1.77. The van der Waals surface area contributed by atoms with E-state index in [1.54, 1.807) is 6.20 Å². The summed E-state index contributed by atoms with van der Waals surface area (Å²) < 4.78 is 0. The van der Waals surface area contributed by atoms with E-state index in [0.717, 1.165) is 25.9 Å². The molecule has 6 heteroatoms. The number of likely N-dealkylation sites (N-methyl/N-ethyl adjacent to an activating group) is 1. The lowest BCUT2D eigenvalue weighted by Crippen LogP contribution is -2.45. The Hall–Kier alpha value is -1.69. The summed E-state index contributed by atoms with van der Waals surface area (Å²) in [5.41, 5.74) is -0.000485. The van der Waals surface area contributed by atoms with Crippen LogP contribution in [0.15, 0.2) is 12.4 Å². The van der Waals surface area contributed by atoms with Crippen LogP contribution in [0.1, 0.15) is 23.3 Å². The van der Waals surface area contributed by atoms with Crippen molar-refractivity contribution < 1.29 is 9.90 Å². The van der Waals surface area contributed by atoms with Crippen LogP contribution < -0.4 is 4.90 Å². The smallest absolute Gasteiger partial charge is 0.356 e. The average molecular weight is 250 g/mol. The highest BCUT2D eigenvalue weighted by Gasteiger charge is 2.23. The molecular weight excluding hydrogens is 232 g/mol. The van der Waals surface area contributed by atoms with Gasteiger partial charge in [0.15, 0.2) is 5.69 Å². The highest BCUT2D eigenvalue weighted by atomic mass is 16.4. The number of anilines is 1. The van der Waals surface area contributed by atoms with E-state index in [-0.39, 0.29) is 5.69 Å². The summed E-state index contributed by atoms with van der Waals surface area (Å²) in [6.07, 6.45) is 5.15. The molecular formula is C12H18N4O2. The Morgan fingerprint density at radius 2 is 2.28 bits per heavy atom. The van der Waals surface area contributed by atoms with E-state index in [4.69, 9.17) is 5.11 Å². The number of carbonyl (C=O) groups is 1. The maximum atomic E-state index is 10.9. The zero-order chi connectivity index (χ0) is 13.1. The van der Waals surface area contributed by atoms with Crippen LogP contribution in [0.5, 0.6) is 0 Å². The van der Waals surface area contributed by atoms with Gasteiger partial charge in [0.1, 0.15) is 5.82 Å². The molecule has 1 aliphatic rings. The summed E-state index contributed by atoms with van der Waals surface area (Å²) in [7, 11) is 4.13. The second-order valence-electron chi connectivity index (χ2n) is 4.77. The molecule has 1 N–H and O–H groups in total. The third-order valence-electron chi connectivity index (χ3n) is 3.29. The quantitative estimate of drug-likeness (QED) is 0.852. The molecule has 0 aliphatic carbocycles. The SMILES string of the molecule is CN(C)C1CCCN(c2cncc(C(=O)O)n2)C1. The maximum absolute atomic E-state index is 10.9. The first-order chi connectivity index (χ1) is 8.58. The zero-order valence-corrected chi connectivity index (χ0v) is 10.7. The van der Waals surface area contributed by atoms with Crippen molar-refractivity contribution in [1.29, 1.82) is 0 Å². The Labute approximate surface area is 106 Å². The molecule has 0 spiro atoms. The lowest BCUT2D eigenvalue weighted by atomic mass is 10.1. The van der Waals surface area contributed by atoms with Gasteiger partial charge in [-0.1, -0.05) is 0 Å². The molecule has 1 saturated heterocycles. The predicted molar refractivity (Wildman–Crippen MR) is 67.9 cm³/mol. The number of nitrogens with zero attached hydrogens (tertiary/aromatic N) is 4. The van der Waals surface area contributed by atoms with E-state index in [2.05, 4.69) is 33.9 Å². The summed E-state index contributed by atoms with van der Waals surface area (Å²) in [5, 5.41) is 8.92. The number of piperidine rings is 1. The first-order valence-corrected chi connectivity index (χ1v) is 6.04. The maximum Gasteiger partial charge on any atom is 0.356 e. The highest BCUT2D eigenvalue weighted by molar-refractivity contribution is 5.85. The van der Waals surface area contributed by atoms with Gasteiger partial charge in [-0.2, -0.15) is 0 Å². The molecule has 98 valence electrons. The van der Waals surface area contributed by atoms with Crippen LogP contribution in [0.4, 0.5) is 5.82 Å². The number of carboxylic acid groups (broad SMARTS) is 1. The molecule has 0 saturated carbocycles. The monoisotopic (exact) mass is 250 g/mol. The lowest BCUT2D eigenvalue weighted by molar-refractivity contribution is 0.0690. The fourth-order valence-electron chi connectivity index (χ4n) is 2.20. The largest absolute Gasteiger partial charge is 0.476 e. The van der Waals surface area contributed by atoms with Crippen LogP contribution in [0.3, 0.4) is 0 Å². The minimum Gasteiger partial charge on any atom is -0.476 e. The number of hydrogen-bond donors (Lipinski definition) is 1. The standard InChI is InChI=1S/C12H18N4O2/c1-15(2)9-4-3-5-16(8-9)11-7-13-6-10(14-11)12(17)18/h6-7,9H,3-5,8H2,1-2H3,(H,17,18). The van der Waals surface area contributed by atoms with Gasteiger partial charge in [0.25, 0.3) is 0 Å². The molecule has 0 radical (unpaired) electrons. The molecule has 1 aliphatic heterocycles. The third-order valence-corrected chi connectivity index (χ3v) is 3.29. The molecule has 1 aromatic heterocycles. The normalized spacial score (nSPS) is 20.2. The van der Waals surface area contributed by atoms with E-state index < -0.39 is 5.97 Å². The van der Waals surface area contributed by atoms with E-state index >= 15 is 0 Å². The Morgan fingerprint density at radius 1 is 1.50 bits per heavy atom. The van der Waals surface area contributed by atoms with Crippen molar-refractivity contribution in [1.82, 2.24) is 14.9 Å². The van der Waals surface area contributed by atoms with Crippen molar-refractivity contribution in [3.8, 4) is 0 Å². The van der Waals surface area contributed by atoms with Crippen molar-refractivity contribution >= 4 is 11.8 Å². The van der Waals surface area contributed by atoms with Crippen LogP contribution in [0, 0.1) is 0 Å². The molecule has 1 atom stereocenters. The van der Waals surface area contributed by atoms with Crippen LogP contribution in [-0.2, 0) is 0 Å². The van der Waals surface area contributed by atoms with Gasteiger partial charge >= 0.3 is 5.97 Å². The Bertz CT molecular complexity index is 436. The van der Waals surface area contributed by atoms with Crippen LogP contribution in [-0.4, -0.2) is 59.2 Å². The number of rotatable bonds is 3. The van der Waals surface area contributed by atoms with E-state index in [1.165, 1.54) is 6.20 Å². The summed E-state index contributed by atoms with van der Waals surface area (Å²) >= 11 is 0. The van der Waals surface area contributed by atoms with Crippen molar-refractivity contribution in [2.45, 2.75) is 18.9 Å². The second-order valence-corrected chi connectivity index (χ2v) is 4.77. The lowest BCUT2D eigenvalue weighted by Gasteiger charge is -2.36. The van der Waals surface area contributed by atoms with Gasteiger partial charge in [0.05, 0.1) is 12.4 Å². The minimum absolute atomic E-state index is 0.000485. The number of aromatic carboxylic acids is 1. The van der Waals surface area contributed by atoms with Crippen LogP contribution >= 0.6 is 0 Å². The van der Waals surface area contributed by atoms with Crippen molar-refractivity contribution in [2.75, 3.05) is 32.1 Å². The van der Waals surface area contributed by atoms with Crippen molar-refractivity contribution in [3.05, 3.63) is 18.1 Å². The first-order valence-electron chi connectivity index (χ1n) is 6.04. The fourth-order valence-corrected chi connectivity index (χ4v) is 2.20. The number of hydrogen-bond acceptors (Lipinski definition) is 5. The predicted octanol–water partition coefficient (Wildman–Crippen LogP) is 0.705. The topological polar surface area (TPSA) is 69.6 Å². The fraction of sp³-hybridized carbons (Fsp3) is 0.583. The van der Waals surface area contributed by atoms with Crippen molar-refractivity contribution in [3.63, 3.8) is 0 Å². The summed E-state index contributed by atoms with van der Waals surface area (Å²) in [6, 6.07) is 0.481. The van der Waals surface area contributed by atoms with Crippen molar-refractivity contribution in [2.24, 2.45) is 0 Å². The van der Waals surface area contributed by atoms with Crippen LogP contribution in [0.25, 0.3) is 0 Å². The molecule has 1 fully saturated rings. The first kappa shape index (κ1) is 12.8. The summed E-state index contributed by atoms with van der Waals surface area (Å²) in [4.78, 5) is 23.3. The molecule has 2 heterocycles. The highest BCUT2D eigenvalue weighted by Crippen LogP contribution is 2.19. The van der Waals surface area contributed by atoms with E-state index in [0.29, 0.717) is 11.9 Å². The number of carboxylic acids is 1. The molecule has 2 rings (SSSR count). The molecule has 6 nitrogen and oxygen atoms in total. The molecule has 1 unspecified atom stereocenters. The van der Waals surface area contributed by atoms with E-state index in [9.17, 15) is 4.79 Å². The molecule has 0 bridgehead atoms. The zero-order valence-electron chi connectivity index (χ0n) is 10.7. The van der Waals surface area contributed by atoms with Gasteiger partial charge < -0.3 is 14.9 Å². The van der Waals surface area contributed by atoms with Gasteiger partial charge in [0.2, 0.25) is 0 Å². The molecule has 18 heavy (non-hydrogen) atoms. The third kappa shape index (κ3) is 2.76. The summed E-state index contributed by atoms with van der Waals surface area (Å²) in [5.74, 6) is -0.382. The van der Waals surface area contributed by atoms with Gasteiger partial charge in [0, 0.05) is 19.1 Å². The minimum atomic E-state index is -1.04. The number of aromatic nitrogens is 2. The molecule has 1 aromatic rings. The Balaban J connectivity index is 2.15. The molecule has 0 aromatic carbocycles.